The lowest BCUT2D eigenvalue weighted by Crippen LogP contribution is -2.15. The van der Waals surface area contributed by atoms with E-state index >= 15 is 0 Å². The van der Waals surface area contributed by atoms with Gasteiger partial charge in [-0.05, 0) is 46.5 Å². The van der Waals surface area contributed by atoms with E-state index in [-0.39, 0.29) is 0 Å². The van der Waals surface area contributed by atoms with Crippen LogP contribution in [0.5, 0.6) is 23.0 Å². The van der Waals surface area contributed by atoms with Gasteiger partial charge < -0.3 is 18.9 Å². The molecule has 0 atom stereocenters. The second-order valence-corrected chi connectivity index (χ2v) is 7.14. The van der Waals surface area contributed by atoms with Crippen molar-refractivity contribution < 1.29 is 18.9 Å². The molecule has 0 bridgehead atoms. The van der Waals surface area contributed by atoms with Crippen molar-refractivity contribution >= 4 is 24.3 Å². The first-order chi connectivity index (χ1) is 14.8. The van der Waals surface area contributed by atoms with E-state index in [2.05, 4.69) is 48.6 Å². The molecule has 0 aromatic heterocycles. The smallest absolute Gasteiger partial charge is 0.161 e. The van der Waals surface area contributed by atoms with Gasteiger partial charge in [0.15, 0.2) is 23.0 Å². The molecule has 3 aromatic carbocycles. The Labute approximate surface area is 176 Å². The molecule has 0 spiro atoms. The van der Waals surface area contributed by atoms with Crippen molar-refractivity contribution in [2.75, 3.05) is 26.4 Å². The van der Waals surface area contributed by atoms with Crippen LogP contribution in [-0.2, 0) is 0 Å². The third-order valence-electron chi connectivity index (χ3n) is 5.01. The molecule has 0 fully saturated rings. The fourth-order valence-electron chi connectivity index (χ4n) is 3.43. The highest BCUT2D eigenvalue weighted by molar-refractivity contribution is 5.74. The lowest BCUT2D eigenvalue weighted by atomic mass is 10.1. The van der Waals surface area contributed by atoms with Crippen LogP contribution in [0.15, 0.2) is 60.7 Å². The number of hydrogen-bond donors (Lipinski definition) is 0. The molecule has 0 aliphatic carbocycles. The summed E-state index contributed by atoms with van der Waals surface area (Å²) in [5, 5.41) is 0. The zero-order chi connectivity index (χ0) is 20.2. The molecular formula is C26H22O4. The molecule has 3 aromatic rings. The molecule has 0 saturated carbocycles. The SMILES string of the molecule is C(=C\c1ccc2c(c1)OCCO2)/c1ccc(/C=C/c2ccc3c(c2)OCCO3)cc1. The van der Waals surface area contributed by atoms with Crippen molar-refractivity contribution in [2.45, 2.75) is 0 Å². The van der Waals surface area contributed by atoms with Crippen molar-refractivity contribution in [1.29, 1.82) is 0 Å². The first-order valence-corrected chi connectivity index (χ1v) is 10.1. The third-order valence-corrected chi connectivity index (χ3v) is 5.01. The third kappa shape index (κ3) is 4.18. The van der Waals surface area contributed by atoms with Crippen molar-refractivity contribution in [3.05, 3.63) is 82.9 Å². The molecule has 0 unspecified atom stereocenters. The summed E-state index contributed by atoms with van der Waals surface area (Å²) in [5.74, 6) is 3.24. The van der Waals surface area contributed by atoms with Crippen molar-refractivity contribution in [2.24, 2.45) is 0 Å². The molecule has 5 rings (SSSR count). The topological polar surface area (TPSA) is 36.9 Å². The Kier molecular flexibility index (Phi) is 5.13. The Hall–Kier alpha value is -3.66. The maximum Gasteiger partial charge on any atom is 0.161 e. The van der Waals surface area contributed by atoms with Crippen molar-refractivity contribution in [1.82, 2.24) is 0 Å². The van der Waals surface area contributed by atoms with Crippen LogP contribution in [0.2, 0.25) is 0 Å². The van der Waals surface area contributed by atoms with Crippen LogP contribution in [0.25, 0.3) is 24.3 Å². The van der Waals surface area contributed by atoms with Gasteiger partial charge in [0.2, 0.25) is 0 Å². The quantitative estimate of drug-likeness (QED) is 0.539. The Morgan fingerprint density at radius 1 is 0.400 bits per heavy atom. The van der Waals surface area contributed by atoms with Crippen LogP contribution in [0.1, 0.15) is 22.3 Å². The Balaban J connectivity index is 1.25. The first kappa shape index (κ1) is 18.4. The summed E-state index contributed by atoms with van der Waals surface area (Å²) in [5.41, 5.74) is 4.45. The van der Waals surface area contributed by atoms with Crippen LogP contribution in [0.3, 0.4) is 0 Å². The van der Waals surface area contributed by atoms with E-state index in [1.807, 2.05) is 36.4 Å². The highest BCUT2D eigenvalue weighted by Gasteiger charge is 2.11. The first-order valence-electron chi connectivity index (χ1n) is 10.1. The molecule has 2 aliphatic heterocycles. The summed E-state index contributed by atoms with van der Waals surface area (Å²) < 4.78 is 22.4. The molecule has 0 N–H and O–H groups in total. The molecule has 2 heterocycles. The van der Waals surface area contributed by atoms with Gasteiger partial charge in [-0.25, -0.2) is 0 Å². The predicted molar refractivity (Wildman–Crippen MR) is 119 cm³/mol. The molecule has 4 nitrogen and oxygen atoms in total. The van der Waals surface area contributed by atoms with Crippen LogP contribution < -0.4 is 18.9 Å². The maximum atomic E-state index is 5.64. The molecule has 2 aliphatic rings. The van der Waals surface area contributed by atoms with Gasteiger partial charge in [-0.2, -0.15) is 0 Å². The van der Waals surface area contributed by atoms with E-state index in [9.17, 15) is 0 Å². The zero-order valence-corrected chi connectivity index (χ0v) is 16.5. The Bertz CT molecular complexity index is 1010. The second kappa shape index (κ2) is 8.37. The predicted octanol–water partition coefficient (Wildman–Crippen LogP) is 5.57. The van der Waals surface area contributed by atoms with Crippen LogP contribution in [0, 0.1) is 0 Å². The van der Waals surface area contributed by atoms with E-state index in [0.717, 1.165) is 45.3 Å². The number of ether oxygens (including phenoxy) is 4. The normalized spacial score (nSPS) is 14.9. The maximum absolute atomic E-state index is 5.64. The monoisotopic (exact) mass is 398 g/mol. The minimum absolute atomic E-state index is 0.599. The lowest BCUT2D eigenvalue weighted by Gasteiger charge is -2.18. The summed E-state index contributed by atoms with van der Waals surface area (Å²) in [6.07, 6.45) is 8.36. The molecule has 30 heavy (non-hydrogen) atoms. The van der Waals surface area contributed by atoms with E-state index in [0.29, 0.717) is 26.4 Å². The number of benzene rings is 3. The highest BCUT2D eigenvalue weighted by atomic mass is 16.6. The Morgan fingerprint density at radius 3 is 1.17 bits per heavy atom. The molecule has 4 heteroatoms. The summed E-state index contributed by atoms with van der Waals surface area (Å²) in [7, 11) is 0. The minimum Gasteiger partial charge on any atom is -0.486 e. The fraction of sp³-hybridized carbons (Fsp3) is 0.154. The average molecular weight is 398 g/mol. The van der Waals surface area contributed by atoms with Gasteiger partial charge in [0, 0.05) is 0 Å². The standard InChI is InChI=1S/C26H22O4/c1-2-20(6-8-22-10-12-24-26(18-22)30-16-14-28-24)4-3-19(1)5-7-21-9-11-23-25(17-21)29-15-13-27-23/h1-12,17-18H,13-16H2/b7-5+,8-6+. The van der Waals surface area contributed by atoms with E-state index in [1.54, 1.807) is 0 Å². The van der Waals surface area contributed by atoms with Gasteiger partial charge in [0.25, 0.3) is 0 Å². The molecule has 0 saturated heterocycles. The lowest BCUT2D eigenvalue weighted by molar-refractivity contribution is 0.171. The van der Waals surface area contributed by atoms with Gasteiger partial charge in [-0.15, -0.1) is 0 Å². The van der Waals surface area contributed by atoms with E-state index < -0.39 is 0 Å². The van der Waals surface area contributed by atoms with Crippen LogP contribution >= 0.6 is 0 Å². The van der Waals surface area contributed by atoms with Gasteiger partial charge >= 0.3 is 0 Å². The van der Waals surface area contributed by atoms with Crippen molar-refractivity contribution in [3.63, 3.8) is 0 Å². The number of rotatable bonds is 4. The molecule has 150 valence electrons. The highest BCUT2D eigenvalue weighted by Crippen LogP contribution is 2.32. The summed E-state index contributed by atoms with van der Waals surface area (Å²) in [6, 6.07) is 20.4. The summed E-state index contributed by atoms with van der Waals surface area (Å²) in [6.45, 7) is 2.41. The minimum atomic E-state index is 0.599. The Morgan fingerprint density at radius 2 is 0.733 bits per heavy atom. The number of fused-ring (bicyclic) bond motifs is 2. The summed E-state index contributed by atoms with van der Waals surface area (Å²) in [4.78, 5) is 0. The van der Waals surface area contributed by atoms with Gasteiger partial charge in [0.1, 0.15) is 26.4 Å². The van der Waals surface area contributed by atoms with Crippen LogP contribution in [-0.4, -0.2) is 26.4 Å². The average Bonchev–Trinajstić information content (AvgIpc) is 2.82. The summed E-state index contributed by atoms with van der Waals surface area (Å²) >= 11 is 0. The second-order valence-electron chi connectivity index (χ2n) is 7.14. The van der Waals surface area contributed by atoms with Crippen LogP contribution in [0.4, 0.5) is 0 Å². The molecule has 0 amide bonds. The van der Waals surface area contributed by atoms with E-state index in [1.165, 1.54) is 0 Å². The van der Waals surface area contributed by atoms with Gasteiger partial charge in [0.05, 0.1) is 0 Å². The van der Waals surface area contributed by atoms with Gasteiger partial charge in [-0.3, -0.25) is 0 Å². The molecule has 0 radical (unpaired) electrons. The number of hydrogen-bond acceptors (Lipinski definition) is 4. The zero-order valence-electron chi connectivity index (χ0n) is 16.5. The van der Waals surface area contributed by atoms with E-state index in [4.69, 9.17) is 18.9 Å². The largest absolute Gasteiger partial charge is 0.486 e. The van der Waals surface area contributed by atoms with Gasteiger partial charge in [-0.1, -0.05) is 60.7 Å². The fourth-order valence-corrected chi connectivity index (χ4v) is 3.43. The molecular weight excluding hydrogens is 376 g/mol. The van der Waals surface area contributed by atoms with Crippen molar-refractivity contribution in [3.8, 4) is 23.0 Å².